The zero-order valence-corrected chi connectivity index (χ0v) is 15.8. The first-order chi connectivity index (χ1) is 8.52. The van der Waals surface area contributed by atoms with Gasteiger partial charge < -0.3 is 0 Å². The monoisotopic (exact) mass is 324 g/mol. The van der Waals surface area contributed by atoms with Gasteiger partial charge in [-0.25, -0.2) is 0 Å². The van der Waals surface area contributed by atoms with Gasteiger partial charge in [0.05, 0.1) is 11.2 Å². The van der Waals surface area contributed by atoms with Crippen molar-refractivity contribution in [2.75, 3.05) is 62.5 Å². The molecular weight excluding hydrogens is 298 g/mol. The Balaban J connectivity index is 3.68. The number of rotatable bonds is 5. The number of nitrogens with zero attached hydrogens (tertiary/aromatic N) is 4. The maximum absolute atomic E-state index is 12.4. The van der Waals surface area contributed by atoms with Crippen LogP contribution in [0.25, 0.3) is 0 Å². The first kappa shape index (κ1) is 17.5. The van der Waals surface area contributed by atoms with Crippen molar-refractivity contribution in [2.45, 2.75) is 0 Å². The molecule has 0 saturated heterocycles. The molecule has 0 aliphatic carbocycles. The van der Waals surface area contributed by atoms with Gasteiger partial charge in [-0.2, -0.15) is 0 Å². The summed E-state index contributed by atoms with van der Waals surface area (Å²) in [5.41, 5.74) is 0. The lowest BCUT2D eigenvalue weighted by atomic mass is 10.5. The second kappa shape index (κ2) is 5.69. The molecule has 8 heteroatoms. The van der Waals surface area contributed by atoms with Crippen molar-refractivity contribution in [3.8, 4) is 0 Å². The fourth-order valence-electron chi connectivity index (χ4n) is 2.58. The molecule has 0 N–H and O–H groups in total. The summed E-state index contributed by atoms with van der Waals surface area (Å²) in [4.78, 5) is 12.4. The van der Waals surface area contributed by atoms with Crippen LogP contribution in [0.1, 0.15) is 0 Å². The van der Waals surface area contributed by atoms with Crippen LogP contribution in [-0.2, 0) is 16.6 Å². The SMILES string of the molecule is CN(C)P(=S)(C1=P(N(C)C)(N(C)C)CC1=O)N(C)C. The van der Waals surface area contributed by atoms with Gasteiger partial charge >= 0.3 is 0 Å². The van der Waals surface area contributed by atoms with Crippen molar-refractivity contribution in [3.63, 3.8) is 0 Å². The lowest BCUT2D eigenvalue weighted by Crippen LogP contribution is -2.46. The highest BCUT2D eigenvalue weighted by atomic mass is 32.4. The van der Waals surface area contributed by atoms with E-state index in [9.17, 15) is 4.79 Å². The Bertz CT molecular complexity index is 461. The number of hydrogen-bond acceptors (Lipinski definition) is 4. The van der Waals surface area contributed by atoms with Gasteiger partial charge in [0, 0.05) is 7.19 Å². The Labute approximate surface area is 122 Å². The number of ketones is 1. The van der Waals surface area contributed by atoms with E-state index in [1.165, 1.54) is 0 Å². The highest BCUT2D eigenvalue weighted by Gasteiger charge is 2.50. The summed E-state index contributed by atoms with van der Waals surface area (Å²) >= 11 is 5.97. The molecule has 0 unspecified atom stereocenters. The molecule has 1 rings (SSSR count). The van der Waals surface area contributed by atoms with Crippen LogP contribution in [0.15, 0.2) is 0 Å². The number of Topliss-reactive ketones (excluding diaryl/α,β-unsaturated/α-hetero) is 1. The van der Waals surface area contributed by atoms with Crippen LogP contribution >= 0.6 is 13.5 Å². The van der Waals surface area contributed by atoms with E-state index >= 15 is 0 Å². The third kappa shape index (κ3) is 2.42. The maximum atomic E-state index is 12.4. The van der Waals surface area contributed by atoms with Gasteiger partial charge in [-0.1, -0.05) is 11.8 Å². The van der Waals surface area contributed by atoms with Crippen LogP contribution in [-0.4, -0.2) is 92.0 Å². The molecule has 112 valence electrons. The molecule has 1 heterocycles. The van der Waals surface area contributed by atoms with Crippen LogP contribution in [0.4, 0.5) is 0 Å². The summed E-state index contributed by atoms with van der Waals surface area (Å²) in [6.45, 7) is 0. The Hall–Kier alpha value is 0.460. The number of carbonyl (C=O) groups is 1. The Morgan fingerprint density at radius 1 is 0.947 bits per heavy atom. The van der Waals surface area contributed by atoms with E-state index in [1.807, 2.05) is 28.2 Å². The fraction of sp³-hybridized carbons (Fsp3) is 0.818. The minimum Gasteiger partial charge on any atom is -0.293 e. The van der Waals surface area contributed by atoms with E-state index in [1.54, 1.807) is 0 Å². The summed E-state index contributed by atoms with van der Waals surface area (Å²) in [6.07, 6.45) is -1.49. The summed E-state index contributed by atoms with van der Waals surface area (Å²) in [6, 6.07) is 0. The van der Waals surface area contributed by atoms with Gasteiger partial charge in [-0.05, 0) is 56.4 Å². The first-order valence-corrected chi connectivity index (χ1v) is 10.7. The van der Waals surface area contributed by atoms with Crippen molar-refractivity contribution in [1.29, 1.82) is 0 Å². The van der Waals surface area contributed by atoms with Crippen LogP contribution in [0, 0.1) is 0 Å². The molecule has 1 aliphatic rings. The average molecular weight is 324 g/mol. The Morgan fingerprint density at radius 3 is 1.53 bits per heavy atom. The molecular formula is C11H26N4OP2S. The molecule has 0 fully saturated rings. The number of hydrogen-bond donors (Lipinski definition) is 0. The molecule has 19 heavy (non-hydrogen) atoms. The van der Waals surface area contributed by atoms with E-state index in [2.05, 4.69) is 46.9 Å². The molecule has 0 aromatic rings. The second-order valence-corrected chi connectivity index (χ2v) is 14.4. The standard InChI is InChI=1S/C11H26N4OP2S/c1-12(2)17(13(3)4)9-10(16)11(17)18(19,14(5)6)15(7)8/h9H2,1-8H3. The summed E-state index contributed by atoms with van der Waals surface area (Å²) in [7, 11) is 14.5. The van der Waals surface area contributed by atoms with E-state index < -0.39 is 13.5 Å². The number of carbonyl (C=O) groups excluding carboxylic acids is 1. The van der Waals surface area contributed by atoms with Gasteiger partial charge in [-0.3, -0.25) is 23.5 Å². The lowest BCUT2D eigenvalue weighted by molar-refractivity contribution is -0.111. The normalized spacial score (nSPS) is 19.8. The molecule has 0 amide bonds. The minimum atomic E-state index is -2.12. The van der Waals surface area contributed by atoms with Crippen LogP contribution in [0.3, 0.4) is 0 Å². The van der Waals surface area contributed by atoms with Crippen molar-refractivity contribution < 1.29 is 4.79 Å². The van der Waals surface area contributed by atoms with E-state index in [4.69, 9.17) is 11.8 Å². The molecule has 0 spiro atoms. The van der Waals surface area contributed by atoms with Crippen molar-refractivity contribution in [2.24, 2.45) is 0 Å². The molecule has 0 bridgehead atoms. The van der Waals surface area contributed by atoms with Gasteiger partial charge in [0.25, 0.3) is 0 Å². The third-order valence-corrected chi connectivity index (χ3v) is 15.6. The van der Waals surface area contributed by atoms with Crippen LogP contribution in [0.2, 0.25) is 0 Å². The van der Waals surface area contributed by atoms with Gasteiger partial charge in [0.15, 0.2) is 5.78 Å². The predicted octanol–water partition coefficient (Wildman–Crippen LogP) is 1.10. The maximum Gasteiger partial charge on any atom is 0.175 e. The topological polar surface area (TPSA) is 30.0 Å². The predicted molar refractivity (Wildman–Crippen MR) is 90.8 cm³/mol. The summed E-state index contributed by atoms with van der Waals surface area (Å²) < 4.78 is 8.57. The van der Waals surface area contributed by atoms with E-state index in [-0.39, 0.29) is 5.78 Å². The van der Waals surface area contributed by atoms with Crippen LogP contribution in [0.5, 0.6) is 0 Å². The summed E-state index contributed by atoms with van der Waals surface area (Å²) in [5, 5.41) is 0.986. The molecule has 0 aromatic carbocycles. The highest BCUT2D eigenvalue weighted by Crippen LogP contribution is 2.70. The van der Waals surface area contributed by atoms with E-state index in [0.717, 1.165) is 5.03 Å². The fourth-order valence-corrected chi connectivity index (χ4v) is 13.0. The molecule has 5 nitrogen and oxygen atoms in total. The highest BCUT2D eigenvalue weighted by molar-refractivity contribution is 8.26. The zero-order valence-electron chi connectivity index (χ0n) is 13.2. The van der Waals surface area contributed by atoms with Crippen molar-refractivity contribution >= 4 is 36.2 Å². The summed E-state index contributed by atoms with van der Waals surface area (Å²) in [5.74, 6) is 0.251. The Kier molecular flexibility index (Phi) is 5.24. The third-order valence-electron chi connectivity index (χ3n) is 3.64. The molecule has 0 aromatic heterocycles. The van der Waals surface area contributed by atoms with Gasteiger partial charge in [0.1, 0.15) is 6.34 Å². The first-order valence-electron chi connectivity index (χ1n) is 6.13. The van der Waals surface area contributed by atoms with Crippen molar-refractivity contribution in [1.82, 2.24) is 18.7 Å². The molecule has 1 aliphatic heterocycles. The van der Waals surface area contributed by atoms with Crippen molar-refractivity contribution in [3.05, 3.63) is 0 Å². The minimum absolute atomic E-state index is 0.251. The smallest absolute Gasteiger partial charge is 0.175 e. The van der Waals surface area contributed by atoms with E-state index in [0.29, 0.717) is 6.16 Å². The molecule has 0 saturated carbocycles. The molecule has 0 atom stereocenters. The average Bonchev–Trinajstić information content (AvgIpc) is 2.23. The quantitative estimate of drug-likeness (QED) is 0.704. The lowest BCUT2D eigenvalue weighted by Gasteiger charge is -2.51. The van der Waals surface area contributed by atoms with Gasteiger partial charge in [0.2, 0.25) is 0 Å². The van der Waals surface area contributed by atoms with Crippen LogP contribution < -0.4 is 0 Å². The van der Waals surface area contributed by atoms with Gasteiger partial charge in [-0.15, -0.1) is 0 Å². The second-order valence-electron chi connectivity index (χ2n) is 5.57. The largest absolute Gasteiger partial charge is 0.293 e. The molecule has 0 radical (unpaired) electrons. The Morgan fingerprint density at radius 2 is 1.32 bits per heavy atom. The zero-order chi connectivity index (χ0) is 15.2.